The number of hydrogen-bond acceptors (Lipinski definition) is 1. The minimum atomic E-state index is 0.0983. The molecule has 0 N–H and O–H groups in total. The van der Waals surface area contributed by atoms with Crippen LogP contribution in [-0.2, 0) is 0 Å². The fraction of sp³-hybridized carbons (Fsp3) is 0.545. The standard InChI is InChI=1S/C11H15BrClN/c1-7(2)10(8(3)13)11-9(12)5-4-6-14-11/h4-8,10H,1-3H3. The SMILES string of the molecule is CC(C)C(c1ncccc1Br)C(C)Cl. The van der Waals surface area contributed by atoms with Crippen LogP contribution in [-0.4, -0.2) is 10.4 Å². The highest BCUT2D eigenvalue weighted by Crippen LogP contribution is 2.33. The quantitative estimate of drug-likeness (QED) is 0.754. The Bertz CT molecular complexity index is 291. The molecule has 3 heteroatoms. The molecule has 1 heterocycles. The average Bonchev–Trinajstić information content (AvgIpc) is 2.07. The molecule has 0 aromatic carbocycles. The van der Waals surface area contributed by atoms with E-state index in [0.717, 1.165) is 10.2 Å². The van der Waals surface area contributed by atoms with Crippen LogP contribution in [0, 0.1) is 5.92 Å². The molecule has 1 aromatic rings. The number of alkyl halides is 1. The van der Waals surface area contributed by atoms with E-state index < -0.39 is 0 Å². The topological polar surface area (TPSA) is 12.9 Å². The highest BCUT2D eigenvalue weighted by Gasteiger charge is 2.24. The number of rotatable bonds is 3. The molecule has 0 bridgehead atoms. The smallest absolute Gasteiger partial charge is 0.0593 e. The zero-order valence-electron chi connectivity index (χ0n) is 8.67. The number of halogens is 2. The van der Waals surface area contributed by atoms with Crippen molar-refractivity contribution in [2.45, 2.75) is 32.1 Å². The van der Waals surface area contributed by atoms with E-state index in [9.17, 15) is 0 Å². The molecule has 0 aliphatic rings. The van der Waals surface area contributed by atoms with E-state index in [2.05, 4.69) is 34.8 Å². The van der Waals surface area contributed by atoms with Gasteiger partial charge in [0.05, 0.1) is 5.69 Å². The molecule has 0 radical (unpaired) electrons. The average molecular weight is 277 g/mol. The van der Waals surface area contributed by atoms with Crippen LogP contribution in [0.5, 0.6) is 0 Å². The van der Waals surface area contributed by atoms with Crippen LogP contribution in [0.4, 0.5) is 0 Å². The molecule has 0 spiro atoms. The largest absolute Gasteiger partial charge is 0.260 e. The highest BCUT2D eigenvalue weighted by atomic mass is 79.9. The van der Waals surface area contributed by atoms with Crippen molar-refractivity contribution in [3.05, 3.63) is 28.5 Å². The minimum Gasteiger partial charge on any atom is -0.260 e. The van der Waals surface area contributed by atoms with E-state index in [-0.39, 0.29) is 5.38 Å². The van der Waals surface area contributed by atoms with E-state index in [1.165, 1.54) is 0 Å². The molecule has 1 rings (SSSR count). The first-order chi connectivity index (χ1) is 6.54. The van der Waals surface area contributed by atoms with Crippen molar-refractivity contribution in [3.63, 3.8) is 0 Å². The van der Waals surface area contributed by atoms with Gasteiger partial charge in [0, 0.05) is 22.0 Å². The molecular weight excluding hydrogens is 261 g/mol. The van der Waals surface area contributed by atoms with Crippen LogP contribution in [0.25, 0.3) is 0 Å². The zero-order chi connectivity index (χ0) is 10.7. The van der Waals surface area contributed by atoms with Gasteiger partial charge in [-0.1, -0.05) is 13.8 Å². The lowest BCUT2D eigenvalue weighted by Crippen LogP contribution is -2.17. The first kappa shape index (κ1) is 12.0. The molecule has 0 aliphatic heterocycles. The number of aromatic nitrogens is 1. The fourth-order valence-corrected chi connectivity index (χ4v) is 2.64. The Balaban J connectivity index is 3.05. The molecular formula is C11H15BrClN. The Hall–Kier alpha value is -0.0800. The summed E-state index contributed by atoms with van der Waals surface area (Å²) in [6.45, 7) is 6.36. The molecule has 2 atom stereocenters. The summed E-state index contributed by atoms with van der Waals surface area (Å²) in [6, 6.07) is 3.93. The normalized spacial score (nSPS) is 15.6. The monoisotopic (exact) mass is 275 g/mol. The Morgan fingerprint density at radius 2 is 2.00 bits per heavy atom. The summed E-state index contributed by atoms with van der Waals surface area (Å²) in [4.78, 5) is 4.39. The van der Waals surface area contributed by atoms with Gasteiger partial charge in [-0.05, 0) is 40.9 Å². The summed E-state index contributed by atoms with van der Waals surface area (Å²) < 4.78 is 1.05. The predicted molar refractivity (Wildman–Crippen MR) is 64.8 cm³/mol. The Morgan fingerprint density at radius 1 is 1.36 bits per heavy atom. The maximum absolute atomic E-state index is 6.18. The molecule has 0 saturated carbocycles. The van der Waals surface area contributed by atoms with Gasteiger partial charge in [0.2, 0.25) is 0 Å². The van der Waals surface area contributed by atoms with Crippen molar-refractivity contribution >= 4 is 27.5 Å². The van der Waals surface area contributed by atoms with Crippen LogP contribution in [0.15, 0.2) is 22.8 Å². The third kappa shape index (κ3) is 2.71. The minimum absolute atomic E-state index is 0.0983. The first-order valence-electron chi connectivity index (χ1n) is 4.78. The molecule has 78 valence electrons. The second-order valence-corrected chi connectivity index (χ2v) is 5.36. The molecule has 2 unspecified atom stereocenters. The van der Waals surface area contributed by atoms with Gasteiger partial charge in [0.15, 0.2) is 0 Å². The van der Waals surface area contributed by atoms with E-state index in [0.29, 0.717) is 11.8 Å². The van der Waals surface area contributed by atoms with Crippen molar-refractivity contribution in [2.24, 2.45) is 5.92 Å². The number of hydrogen-bond donors (Lipinski definition) is 0. The number of pyridine rings is 1. The molecule has 0 amide bonds. The van der Waals surface area contributed by atoms with Gasteiger partial charge in [0.1, 0.15) is 0 Å². The highest BCUT2D eigenvalue weighted by molar-refractivity contribution is 9.10. The lowest BCUT2D eigenvalue weighted by Gasteiger charge is -2.23. The van der Waals surface area contributed by atoms with Gasteiger partial charge < -0.3 is 0 Å². The molecule has 0 fully saturated rings. The lowest BCUT2D eigenvalue weighted by atomic mass is 9.89. The van der Waals surface area contributed by atoms with Crippen molar-refractivity contribution in [3.8, 4) is 0 Å². The van der Waals surface area contributed by atoms with Gasteiger partial charge in [0.25, 0.3) is 0 Å². The number of nitrogens with zero attached hydrogens (tertiary/aromatic N) is 1. The van der Waals surface area contributed by atoms with E-state index in [1.807, 2.05) is 25.3 Å². The summed E-state index contributed by atoms with van der Waals surface area (Å²) in [7, 11) is 0. The predicted octanol–water partition coefficient (Wildman–Crippen LogP) is 4.21. The lowest BCUT2D eigenvalue weighted by molar-refractivity contribution is 0.478. The molecule has 0 aliphatic carbocycles. The molecule has 14 heavy (non-hydrogen) atoms. The van der Waals surface area contributed by atoms with Crippen molar-refractivity contribution < 1.29 is 0 Å². The fourth-order valence-electron chi connectivity index (χ4n) is 1.71. The van der Waals surface area contributed by atoms with Crippen LogP contribution in [0.1, 0.15) is 32.4 Å². The second kappa shape index (κ2) is 5.13. The third-order valence-corrected chi connectivity index (χ3v) is 3.26. The summed E-state index contributed by atoms with van der Waals surface area (Å²) in [6.07, 6.45) is 1.81. The molecule has 0 saturated heterocycles. The van der Waals surface area contributed by atoms with E-state index in [1.54, 1.807) is 0 Å². The molecule has 1 nitrogen and oxygen atoms in total. The summed E-state index contributed by atoms with van der Waals surface area (Å²) >= 11 is 9.70. The van der Waals surface area contributed by atoms with Crippen LogP contribution in [0.3, 0.4) is 0 Å². The zero-order valence-corrected chi connectivity index (χ0v) is 11.0. The maximum atomic E-state index is 6.18. The van der Waals surface area contributed by atoms with Crippen molar-refractivity contribution in [2.75, 3.05) is 0 Å². The van der Waals surface area contributed by atoms with Crippen LogP contribution in [0.2, 0.25) is 0 Å². The molecule has 1 aromatic heterocycles. The Kier molecular flexibility index (Phi) is 4.39. The van der Waals surface area contributed by atoms with Crippen LogP contribution >= 0.6 is 27.5 Å². The first-order valence-corrected chi connectivity index (χ1v) is 6.01. The van der Waals surface area contributed by atoms with Gasteiger partial charge in [-0.2, -0.15) is 0 Å². The van der Waals surface area contributed by atoms with Gasteiger partial charge in [-0.25, -0.2) is 0 Å². The van der Waals surface area contributed by atoms with Crippen molar-refractivity contribution in [1.82, 2.24) is 4.98 Å². The maximum Gasteiger partial charge on any atom is 0.0593 e. The van der Waals surface area contributed by atoms with Crippen molar-refractivity contribution in [1.29, 1.82) is 0 Å². The second-order valence-electron chi connectivity index (χ2n) is 3.82. The summed E-state index contributed by atoms with van der Waals surface area (Å²) in [5, 5.41) is 0.0983. The van der Waals surface area contributed by atoms with Gasteiger partial charge >= 0.3 is 0 Å². The van der Waals surface area contributed by atoms with Gasteiger partial charge in [-0.3, -0.25) is 4.98 Å². The van der Waals surface area contributed by atoms with E-state index >= 15 is 0 Å². The Labute approximate surface area is 99.0 Å². The Morgan fingerprint density at radius 3 is 2.43 bits per heavy atom. The summed E-state index contributed by atoms with van der Waals surface area (Å²) in [5.74, 6) is 0.793. The van der Waals surface area contributed by atoms with Gasteiger partial charge in [-0.15, -0.1) is 11.6 Å². The van der Waals surface area contributed by atoms with Crippen LogP contribution < -0.4 is 0 Å². The summed E-state index contributed by atoms with van der Waals surface area (Å²) in [5.41, 5.74) is 1.06. The third-order valence-electron chi connectivity index (χ3n) is 2.32. The van der Waals surface area contributed by atoms with E-state index in [4.69, 9.17) is 11.6 Å².